The van der Waals surface area contributed by atoms with Crippen LogP contribution in [0.2, 0.25) is 5.02 Å². The highest BCUT2D eigenvalue weighted by molar-refractivity contribution is 7.19. The molecule has 2 aromatic carbocycles. The molecule has 0 aliphatic carbocycles. The summed E-state index contributed by atoms with van der Waals surface area (Å²) in [4.78, 5) is 1.27. The van der Waals surface area contributed by atoms with Gasteiger partial charge in [0.05, 0.1) is 11.1 Å². The average Bonchev–Trinajstić information content (AvgIpc) is 2.87. The van der Waals surface area contributed by atoms with Crippen molar-refractivity contribution >= 4 is 38.7 Å². The van der Waals surface area contributed by atoms with Crippen LogP contribution >= 0.6 is 22.9 Å². The van der Waals surface area contributed by atoms with Gasteiger partial charge in [0.2, 0.25) is 0 Å². The highest BCUT2D eigenvalue weighted by atomic mass is 35.5. The van der Waals surface area contributed by atoms with Gasteiger partial charge in [0.25, 0.3) is 0 Å². The molecule has 1 atom stereocenters. The quantitative estimate of drug-likeness (QED) is 0.632. The second-order valence-corrected chi connectivity index (χ2v) is 6.24. The smallest absolute Gasteiger partial charge is 0.134 e. The van der Waals surface area contributed by atoms with E-state index in [0.29, 0.717) is 5.02 Å². The number of nitrogens with one attached hydrogen (secondary N) is 1. The number of hydrogen-bond donors (Lipinski definition) is 2. The van der Waals surface area contributed by atoms with Crippen molar-refractivity contribution < 1.29 is 5.11 Å². The third-order valence-corrected chi connectivity index (χ3v) is 4.80. The van der Waals surface area contributed by atoms with Gasteiger partial charge in [-0.15, -0.1) is 11.3 Å². The summed E-state index contributed by atoms with van der Waals surface area (Å²) in [5.41, 5.74) is 0.901. The van der Waals surface area contributed by atoms with Crippen molar-refractivity contribution in [2.45, 2.75) is 13.0 Å². The van der Waals surface area contributed by atoms with Crippen molar-refractivity contribution in [1.82, 2.24) is 0 Å². The molecule has 2 N–H and O–H groups in total. The standard InChI is InChI=1S/C16H14ClNOS/c1-10(18-12-6-7-14(19)13(17)9-12)16-8-11-4-2-3-5-15(11)20-16/h2-10,18-19H,1H3. The molecule has 3 rings (SSSR count). The van der Waals surface area contributed by atoms with Crippen molar-refractivity contribution in [2.24, 2.45) is 0 Å². The van der Waals surface area contributed by atoms with Crippen molar-refractivity contribution in [3.05, 3.63) is 58.4 Å². The van der Waals surface area contributed by atoms with E-state index in [0.717, 1.165) is 5.69 Å². The van der Waals surface area contributed by atoms with Crippen molar-refractivity contribution in [3.8, 4) is 5.75 Å². The number of aromatic hydroxyl groups is 1. The number of hydrogen-bond acceptors (Lipinski definition) is 3. The molecular formula is C16H14ClNOS. The topological polar surface area (TPSA) is 32.3 Å². The Balaban J connectivity index is 1.84. The Kier molecular flexibility index (Phi) is 3.55. The molecule has 0 fully saturated rings. The molecule has 0 aliphatic heterocycles. The zero-order valence-electron chi connectivity index (χ0n) is 10.9. The fourth-order valence-electron chi connectivity index (χ4n) is 2.13. The van der Waals surface area contributed by atoms with Crippen molar-refractivity contribution in [3.63, 3.8) is 0 Å². The monoisotopic (exact) mass is 303 g/mol. The Morgan fingerprint density at radius 3 is 2.70 bits per heavy atom. The van der Waals surface area contributed by atoms with Crippen LogP contribution in [0.1, 0.15) is 17.8 Å². The summed E-state index contributed by atoms with van der Waals surface area (Å²) in [6.45, 7) is 2.12. The van der Waals surface area contributed by atoms with E-state index in [2.05, 4.69) is 42.6 Å². The number of phenols is 1. The Hall–Kier alpha value is -1.71. The fourth-order valence-corrected chi connectivity index (χ4v) is 3.38. The Bertz CT molecular complexity index is 720. The highest BCUT2D eigenvalue weighted by Crippen LogP contribution is 2.33. The minimum Gasteiger partial charge on any atom is -0.506 e. The van der Waals surface area contributed by atoms with E-state index in [1.54, 1.807) is 23.5 Å². The Morgan fingerprint density at radius 1 is 1.15 bits per heavy atom. The first kappa shape index (κ1) is 13.3. The number of phenolic OH excluding ortho intramolecular Hbond substituents is 1. The number of fused-ring (bicyclic) bond motifs is 1. The molecule has 0 spiro atoms. The molecule has 20 heavy (non-hydrogen) atoms. The Labute approximate surface area is 126 Å². The lowest BCUT2D eigenvalue weighted by Gasteiger charge is -2.14. The van der Waals surface area contributed by atoms with Crippen LogP contribution in [0, 0.1) is 0 Å². The molecule has 0 bridgehead atoms. The molecule has 0 radical (unpaired) electrons. The van der Waals surface area contributed by atoms with Gasteiger partial charge >= 0.3 is 0 Å². The lowest BCUT2D eigenvalue weighted by atomic mass is 10.2. The highest BCUT2D eigenvalue weighted by Gasteiger charge is 2.10. The summed E-state index contributed by atoms with van der Waals surface area (Å²) in [5, 5.41) is 14.5. The maximum Gasteiger partial charge on any atom is 0.134 e. The summed E-state index contributed by atoms with van der Waals surface area (Å²) in [5.74, 6) is 0.103. The van der Waals surface area contributed by atoms with Gasteiger partial charge in [0.15, 0.2) is 0 Å². The van der Waals surface area contributed by atoms with Crippen LogP contribution < -0.4 is 5.32 Å². The number of thiophene rings is 1. The Morgan fingerprint density at radius 2 is 1.95 bits per heavy atom. The summed E-state index contributed by atoms with van der Waals surface area (Å²) in [6, 6.07) is 15.9. The van der Waals surface area contributed by atoms with Crippen LogP contribution in [0.25, 0.3) is 10.1 Å². The summed E-state index contributed by atoms with van der Waals surface area (Å²) < 4.78 is 1.29. The number of anilines is 1. The lowest BCUT2D eigenvalue weighted by molar-refractivity contribution is 0.475. The van der Waals surface area contributed by atoms with Crippen LogP contribution in [-0.4, -0.2) is 5.11 Å². The summed E-state index contributed by atoms with van der Waals surface area (Å²) >= 11 is 7.71. The minimum absolute atomic E-state index is 0.103. The average molecular weight is 304 g/mol. The molecule has 3 aromatic rings. The molecule has 0 aliphatic rings. The first-order valence-electron chi connectivity index (χ1n) is 6.37. The predicted octanol–water partition coefficient (Wildman–Crippen LogP) is 5.43. The van der Waals surface area contributed by atoms with Gasteiger partial charge in [-0.3, -0.25) is 0 Å². The van der Waals surface area contributed by atoms with Crippen LogP contribution in [0.3, 0.4) is 0 Å². The van der Waals surface area contributed by atoms with E-state index in [-0.39, 0.29) is 11.8 Å². The maximum absolute atomic E-state index is 9.43. The number of rotatable bonds is 3. The van der Waals surface area contributed by atoms with Gasteiger partial charge in [-0.05, 0) is 42.6 Å². The first-order chi connectivity index (χ1) is 9.63. The summed E-state index contributed by atoms with van der Waals surface area (Å²) in [6.07, 6.45) is 0. The molecule has 0 saturated carbocycles. The molecule has 2 nitrogen and oxygen atoms in total. The molecule has 102 valence electrons. The molecule has 0 amide bonds. The van der Waals surface area contributed by atoms with Crippen molar-refractivity contribution in [2.75, 3.05) is 5.32 Å². The number of benzene rings is 2. The fraction of sp³-hybridized carbons (Fsp3) is 0.125. The first-order valence-corrected chi connectivity index (χ1v) is 7.56. The van der Waals surface area contributed by atoms with Crippen LogP contribution in [0.15, 0.2) is 48.5 Å². The second-order valence-electron chi connectivity index (χ2n) is 4.72. The second kappa shape index (κ2) is 5.35. The van der Waals surface area contributed by atoms with E-state index in [4.69, 9.17) is 11.6 Å². The lowest BCUT2D eigenvalue weighted by Crippen LogP contribution is -2.04. The summed E-state index contributed by atoms with van der Waals surface area (Å²) in [7, 11) is 0. The van der Waals surface area contributed by atoms with Gasteiger partial charge in [-0.2, -0.15) is 0 Å². The molecule has 1 heterocycles. The predicted molar refractivity (Wildman–Crippen MR) is 87.0 cm³/mol. The third-order valence-electron chi connectivity index (χ3n) is 3.20. The molecule has 1 unspecified atom stereocenters. The van der Waals surface area contributed by atoms with E-state index in [9.17, 15) is 5.11 Å². The zero-order valence-corrected chi connectivity index (χ0v) is 12.5. The largest absolute Gasteiger partial charge is 0.506 e. The van der Waals surface area contributed by atoms with Gasteiger partial charge < -0.3 is 10.4 Å². The number of halogens is 1. The normalized spacial score (nSPS) is 12.5. The van der Waals surface area contributed by atoms with Crippen molar-refractivity contribution in [1.29, 1.82) is 0 Å². The van der Waals surface area contributed by atoms with Gasteiger partial charge in [0.1, 0.15) is 5.75 Å². The molecule has 1 aromatic heterocycles. The van der Waals surface area contributed by atoms with E-state index in [1.807, 2.05) is 6.07 Å². The molecule has 0 saturated heterocycles. The van der Waals surface area contributed by atoms with E-state index in [1.165, 1.54) is 15.0 Å². The third kappa shape index (κ3) is 2.60. The maximum atomic E-state index is 9.43. The SMILES string of the molecule is CC(Nc1ccc(O)c(Cl)c1)c1cc2ccccc2s1. The van der Waals surface area contributed by atoms with Crippen LogP contribution in [0.5, 0.6) is 5.75 Å². The van der Waals surface area contributed by atoms with Gasteiger partial charge in [0, 0.05) is 15.3 Å². The van der Waals surface area contributed by atoms with E-state index >= 15 is 0 Å². The molecular weight excluding hydrogens is 290 g/mol. The van der Waals surface area contributed by atoms with Gasteiger partial charge in [-0.25, -0.2) is 0 Å². The minimum atomic E-state index is 0.103. The van der Waals surface area contributed by atoms with Crippen LogP contribution in [0.4, 0.5) is 5.69 Å². The van der Waals surface area contributed by atoms with E-state index < -0.39 is 0 Å². The molecule has 4 heteroatoms. The van der Waals surface area contributed by atoms with Gasteiger partial charge in [-0.1, -0.05) is 29.8 Å². The van der Waals surface area contributed by atoms with Crippen LogP contribution in [-0.2, 0) is 0 Å². The zero-order chi connectivity index (χ0) is 14.1.